The molecule has 0 spiro atoms. The van der Waals surface area contributed by atoms with Crippen LogP contribution in [0.1, 0.15) is 12.8 Å². The molecule has 0 unspecified atom stereocenters. The van der Waals surface area contributed by atoms with Gasteiger partial charge in [0.15, 0.2) is 17.5 Å². The van der Waals surface area contributed by atoms with Crippen LogP contribution in [0.3, 0.4) is 0 Å². The third kappa shape index (κ3) is 2.45. The third-order valence-electron chi connectivity index (χ3n) is 2.62. The van der Waals surface area contributed by atoms with Crippen molar-refractivity contribution in [2.45, 2.75) is 18.9 Å². The Morgan fingerprint density at radius 2 is 1.75 bits per heavy atom. The quantitative estimate of drug-likeness (QED) is 0.804. The molecule has 1 aliphatic heterocycles. The van der Waals surface area contributed by atoms with Gasteiger partial charge in [-0.25, -0.2) is 13.2 Å². The standard InChI is InChI=1S/C11H12F3NS/c12-8-1-2-9(11(14)10(8)13)15-7-3-5-16-6-4-7/h1-2,7,15H,3-6H2. The average molecular weight is 247 g/mol. The number of nitrogens with one attached hydrogen (secondary N) is 1. The van der Waals surface area contributed by atoms with Crippen molar-refractivity contribution in [3.63, 3.8) is 0 Å². The number of rotatable bonds is 2. The maximum Gasteiger partial charge on any atom is 0.196 e. The SMILES string of the molecule is Fc1ccc(NC2CCSCC2)c(F)c1F. The molecule has 0 aliphatic carbocycles. The van der Waals surface area contributed by atoms with E-state index >= 15 is 0 Å². The first-order chi connectivity index (χ1) is 7.68. The van der Waals surface area contributed by atoms with Crippen LogP contribution >= 0.6 is 11.8 Å². The van der Waals surface area contributed by atoms with Crippen molar-refractivity contribution in [2.24, 2.45) is 0 Å². The van der Waals surface area contributed by atoms with E-state index in [1.54, 1.807) is 0 Å². The molecule has 88 valence electrons. The summed E-state index contributed by atoms with van der Waals surface area (Å²) < 4.78 is 39.0. The van der Waals surface area contributed by atoms with Crippen LogP contribution in [0.15, 0.2) is 12.1 Å². The molecule has 0 radical (unpaired) electrons. The zero-order valence-corrected chi connectivity index (χ0v) is 9.42. The summed E-state index contributed by atoms with van der Waals surface area (Å²) in [6.45, 7) is 0. The maximum absolute atomic E-state index is 13.3. The van der Waals surface area contributed by atoms with Crippen molar-refractivity contribution >= 4 is 17.4 Å². The second-order valence-corrected chi connectivity index (χ2v) is 4.98. The maximum atomic E-state index is 13.3. The van der Waals surface area contributed by atoms with Crippen LogP contribution < -0.4 is 5.32 Å². The monoisotopic (exact) mass is 247 g/mol. The third-order valence-corrected chi connectivity index (χ3v) is 3.66. The van der Waals surface area contributed by atoms with Crippen LogP contribution in [0.2, 0.25) is 0 Å². The minimum atomic E-state index is -1.41. The predicted octanol–water partition coefficient (Wildman–Crippen LogP) is 3.41. The Kier molecular flexibility index (Phi) is 3.63. The molecule has 1 heterocycles. The zero-order chi connectivity index (χ0) is 11.5. The molecule has 0 aromatic heterocycles. The van der Waals surface area contributed by atoms with Gasteiger partial charge in [-0.05, 0) is 36.5 Å². The van der Waals surface area contributed by atoms with E-state index in [-0.39, 0.29) is 11.7 Å². The summed E-state index contributed by atoms with van der Waals surface area (Å²) >= 11 is 1.85. The second-order valence-electron chi connectivity index (χ2n) is 3.75. The van der Waals surface area contributed by atoms with Crippen LogP contribution in [0.25, 0.3) is 0 Å². The fraction of sp³-hybridized carbons (Fsp3) is 0.455. The number of hydrogen-bond acceptors (Lipinski definition) is 2. The molecule has 2 rings (SSSR count). The van der Waals surface area contributed by atoms with Crippen LogP contribution in [-0.2, 0) is 0 Å². The highest BCUT2D eigenvalue weighted by Crippen LogP contribution is 2.24. The molecular weight excluding hydrogens is 235 g/mol. The molecule has 0 saturated carbocycles. The normalized spacial score (nSPS) is 17.4. The molecule has 0 amide bonds. The molecule has 1 saturated heterocycles. The molecule has 1 fully saturated rings. The number of benzene rings is 1. The minimum absolute atomic E-state index is 0.0517. The smallest absolute Gasteiger partial charge is 0.196 e. The van der Waals surface area contributed by atoms with E-state index in [2.05, 4.69) is 5.32 Å². The minimum Gasteiger partial charge on any atom is -0.380 e. The van der Waals surface area contributed by atoms with Crippen LogP contribution in [0.4, 0.5) is 18.9 Å². The lowest BCUT2D eigenvalue weighted by Gasteiger charge is -2.23. The van der Waals surface area contributed by atoms with Crippen molar-refractivity contribution in [1.29, 1.82) is 0 Å². The molecule has 1 aromatic rings. The summed E-state index contributed by atoms with van der Waals surface area (Å²) in [4.78, 5) is 0. The molecule has 1 nitrogen and oxygen atoms in total. The molecule has 0 atom stereocenters. The van der Waals surface area contributed by atoms with Crippen LogP contribution in [0, 0.1) is 17.5 Å². The van der Waals surface area contributed by atoms with Gasteiger partial charge in [-0.2, -0.15) is 11.8 Å². The zero-order valence-electron chi connectivity index (χ0n) is 8.60. The lowest BCUT2D eigenvalue weighted by molar-refractivity contribution is 0.448. The first-order valence-corrected chi connectivity index (χ1v) is 6.31. The molecule has 5 heteroatoms. The summed E-state index contributed by atoms with van der Waals surface area (Å²) in [6, 6.07) is 2.34. The number of hydrogen-bond donors (Lipinski definition) is 1. The van der Waals surface area contributed by atoms with Gasteiger partial charge in [-0.1, -0.05) is 0 Å². The molecule has 16 heavy (non-hydrogen) atoms. The van der Waals surface area contributed by atoms with Crippen molar-refractivity contribution in [3.8, 4) is 0 Å². The summed E-state index contributed by atoms with van der Waals surface area (Å²) in [7, 11) is 0. The molecule has 0 bridgehead atoms. The fourth-order valence-corrected chi connectivity index (χ4v) is 2.81. The van der Waals surface area contributed by atoms with E-state index in [0.717, 1.165) is 30.4 Å². The number of thioether (sulfide) groups is 1. The van der Waals surface area contributed by atoms with Gasteiger partial charge in [0.1, 0.15) is 0 Å². The van der Waals surface area contributed by atoms with E-state index in [1.807, 2.05) is 11.8 Å². The van der Waals surface area contributed by atoms with E-state index < -0.39 is 17.5 Å². The average Bonchev–Trinajstić information content (AvgIpc) is 2.31. The Balaban J connectivity index is 2.11. The Labute approximate surface area is 96.4 Å². The number of halogens is 3. The summed E-state index contributed by atoms with van der Waals surface area (Å²) in [5, 5.41) is 2.92. The van der Waals surface area contributed by atoms with Gasteiger partial charge < -0.3 is 5.32 Å². The Bertz CT molecular complexity index is 378. The van der Waals surface area contributed by atoms with Gasteiger partial charge >= 0.3 is 0 Å². The van der Waals surface area contributed by atoms with E-state index in [1.165, 1.54) is 6.07 Å². The van der Waals surface area contributed by atoms with Crippen LogP contribution in [-0.4, -0.2) is 17.5 Å². The second kappa shape index (κ2) is 4.99. The van der Waals surface area contributed by atoms with Gasteiger partial charge in [0.2, 0.25) is 0 Å². The van der Waals surface area contributed by atoms with Crippen LogP contribution in [0.5, 0.6) is 0 Å². The Hall–Kier alpha value is -0.840. The van der Waals surface area contributed by atoms with Crippen molar-refractivity contribution < 1.29 is 13.2 Å². The van der Waals surface area contributed by atoms with E-state index in [0.29, 0.717) is 0 Å². The highest BCUT2D eigenvalue weighted by Gasteiger charge is 2.18. The van der Waals surface area contributed by atoms with Gasteiger partial charge in [0, 0.05) is 6.04 Å². The first-order valence-electron chi connectivity index (χ1n) is 5.16. The molecular formula is C11H12F3NS. The van der Waals surface area contributed by atoms with Crippen molar-refractivity contribution in [2.75, 3.05) is 16.8 Å². The summed E-state index contributed by atoms with van der Waals surface area (Å²) in [6.07, 6.45) is 1.84. The Morgan fingerprint density at radius 3 is 2.44 bits per heavy atom. The summed E-state index contributed by atoms with van der Waals surface area (Å²) in [5.74, 6) is -1.65. The highest BCUT2D eigenvalue weighted by molar-refractivity contribution is 7.99. The number of anilines is 1. The largest absolute Gasteiger partial charge is 0.380 e. The molecule has 1 aliphatic rings. The molecule has 1 N–H and O–H groups in total. The van der Waals surface area contributed by atoms with Gasteiger partial charge in [-0.3, -0.25) is 0 Å². The van der Waals surface area contributed by atoms with Crippen molar-refractivity contribution in [3.05, 3.63) is 29.6 Å². The van der Waals surface area contributed by atoms with Gasteiger partial charge in [0.05, 0.1) is 5.69 Å². The van der Waals surface area contributed by atoms with E-state index in [9.17, 15) is 13.2 Å². The lowest BCUT2D eigenvalue weighted by Crippen LogP contribution is -2.25. The topological polar surface area (TPSA) is 12.0 Å². The van der Waals surface area contributed by atoms with Gasteiger partial charge in [0.25, 0.3) is 0 Å². The first kappa shape index (κ1) is 11.6. The fourth-order valence-electron chi connectivity index (χ4n) is 1.70. The lowest BCUT2D eigenvalue weighted by atomic mass is 10.1. The van der Waals surface area contributed by atoms with Gasteiger partial charge in [-0.15, -0.1) is 0 Å². The van der Waals surface area contributed by atoms with E-state index in [4.69, 9.17) is 0 Å². The van der Waals surface area contributed by atoms with Crippen molar-refractivity contribution in [1.82, 2.24) is 0 Å². The molecule has 1 aromatic carbocycles. The Morgan fingerprint density at radius 1 is 1.06 bits per heavy atom. The highest BCUT2D eigenvalue weighted by atomic mass is 32.2. The summed E-state index contributed by atoms with van der Waals surface area (Å²) in [5.41, 5.74) is 0.0517. The predicted molar refractivity (Wildman–Crippen MR) is 60.3 cm³/mol.